The monoisotopic (exact) mass is 176 g/mol. The van der Waals surface area contributed by atoms with Crippen molar-refractivity contribution in [1.29, 1.82) is 0 Å². The molecule has 0 spiro atoms. The Bertz CT molecular complexity index is 105. The number of aldehydes is 1. The zero-order valence-corrected chi connectivity index (χ0v) is 7.62. The van der Waals surface area contributed by atoms with Crippen LogP contribution in [-0.2, 0) is 19.0 Å². The number of carbonyl (C=O) groups excluding carboxylic acids is 1. The third-order valence-electron chi connectivity index (χ3n) is 1.21. The van der Waals surface area contributed by atoms with Crippen LogP contribution >= 0.6 is 0 Å². The summed E-state index contributed by atoms with van der Waals surface area (Å²) in [6, 6.07) is 0. The maximum atomic E-state index is 10.1. The van der Waals surface area contributed by atoms with Gasteiger partial charge < -0.3 is 19.0 Å². The maximum absolute atomic E-state index is 10.1. The molecule has 12 heavy (non-hydrogen) atoms. The maximum Gasteiger partial charge on any atom is 0.146 e. The lowest BCUT2D eigenvalue weighted by Crippen LogP contribution is -2.11. The molecule has 0 bridgehead atoms. The van der Waals surface area contributed by atoms with Gasteiger partial charge in [0.1, 0.15) is 13.1 Å². The number of methoxy groups -OCH3 is 1. The topological polar surface area (TPSA) is 44.8 Å². The second kappa shape index (κ2) is 8.64. The molecule has 0 radical (unpaired) electrons. The van der Waals surface area contributed by atoms with Gasteiger partial charge >= 0.3 is 0 Å². The van der Waals surface area contributed by atoms with E-state index in [0.717, 1.165) is 6.29 Å². The molecule has 0 saturated carbocycles. The smallest absolute Gasteiger partial charge is 0.146 e. The Morgan fingerprint density at radius 1 is 1.33 bits per heavy atom. The number of carbonyl (C=O) groups is 1. The van der Waals surface area contributed by atoms with E-state index in [1.807, 2.05) is 0 Å². The van der Waals surface area contributed by atoms with Gasteiger partial charge in [-0.2, -0.15) is 0 Å². The van der Waals surface area contributed by atoms with Crippen molar-refractivity contribution >= 4 is 6.29 Å². The minimum atomic E-state index is -0.0592. The van der Waals surface area contributed by atoms with Crippen molar-refractivity contribution in [3.63, 3.8) is 0 Å². The fourth-order valence-electron chi connectivity index (χ4n) is 0.533. The Labute approximate surface area is 72.8 Å². The average molecular weight is 176 g/mol. The van der Waals surface area contributed by atoms with Crippen LogP contribution in [0.1, 0.15) is 6.92 Å². The molecule has 72 valence electrons. The second-order valence-electron chi connectivity index (χ2n) is 2.50. The van der Waals surface area contributed by atoms with Crippen LogP contribution in [0.4, 0.5) is 0 Å². The molecule has 0 fully saturated rings. The van der Waals surface area contributed by atoms with Crippen LogP contribution in [0.2, 0.25) is 0 Å². The lowest BCUT2D eigenvalue weighted by atomic mass is 10.2. The standard InChI is InChI=1S/C8H16O4/c1-8(5-9)6-12-7-11-4-3-10-2/h5,8H,3-4,6-7H2,1-2H3/t8-/m1/s1. The number of hydrogen-bond acceptors (Lipinski definition) is 4. The van der Waals surface area contributed by atoms with Gasteiger partial charge in [-0.05, 0) is 0 Å². The summed E-state index contributed by atoms with van der Waals surface area (Å²) in [4.78, 5) is 10.1. The van der Waals surface area contributed by atoms with Gasteiger partial charge in [0.2, 0.25) is 0 Å². The van der Waals surface area contributed by atoms with Gasteiger partial charge in [-0.15, -0.1) is 0 Å². The summed E-state index contributed by atoms with van der Waals surface area (Å²) in [5, 5.41) is 0. The Balaban J connectivity index is 2.95. The van der Waals surface area contributed by atoms with Gasteiger partial charge in [-0.1, -0.05) is 6.92 Å². The van der Waals surface area contributed by atoms with Gasteiger partial charge in [0, 0.05) is 13.0 Å². The van der Waals surface area contributed by atoms with Crippen LogP contribution < -0.4 is 0 Å². The highest BCUT2D eigenvalue weighted by atomic mass is 16.7. The first kappa shape index (κ1) is 11.6. The Morgan fingerprint density at radius 2 is 2.08 bits per heavy atom. The highest BCUT2D eigenvalue weighted by Gasteiger charge is 1.97. The predicted molar refractivity (Wildman–Crippen MR) is 43.9 cm³/mol. The van der Waals surface area contributed by atoms with E-state index in [-0.39, 0.29) is 12.7 Å². The Kier molecular flexibility index (Phi) is 8.32. The van der Waals surface area contributed by atoms with E-state index < -0.39 is 0 Å². The zero-order valence-electron chi connectivity index (χ0n) is 7.62. The van der Waals surface area contributed by atoms with Crippen LogP contribution in [0.15, 0.2) is 0 Å². The lowest BCUT2D eigenvalue weighted by molar-refractivity contribution is -0.115. The summed E-state index contributed by atoms with van der Waals surface area (Å²) in [6.07, 6.45) is 0.856. The fourth-order valence-corrected chi connectivity index (χ4v) is 0.533. The summed E-state index contributed by atoms with van der Waals surface area (Å²) in [6.45, 7) is 3.51. The number of ether oxygens (including phenoxy) is 3. The largest absolute Gasteiger partial charge is 0.382 e. The molecule has 1 atom stereocenters. The van der Waals surface area contributed by atoms with E-state index in [2.05, 4.69) is 0 Å². The van der Waals surface area contributed by atoms with Crippen molar-refractivity contribution < 1.29 is 19.0 Å². The number of rotatable bonds is 8. The first-order chi connectivity index (χ1) is 5.81. The van der Waals surface area contributed by atoms with Crippen LogP contribution in [0.25, 0.3) is 0 Å². The van der Waals surface area contributed by atoms with E-state index in [9.17, 15) is 4.79 Å². The van der Waals surface area contributed by atoms with Gasteiger partial charge in [0.25, 0.3) is 0 Å². The summed E-state index contributed by atoms with van der Waals surface area (Å²) in [5.74, 6) is -0.0592. The molecule has 0 aromatic rings. The van der Waals surface area contributed by atoms with Gasteiger partial charge in [0.05, 0.1) is 19.8 Å². The van der Waals surface area contributed by atoms with Crippen LogP contribution in [0.3, 0.4) is 0 Å². The molecule has 4 heteroatoms. The van der Waals surface area contributed by atoms with E-state index >= 15 is 0 Å². The minimum Gasteiger partial charge on any atom is -0.382 e. The predicted octanol–water partition coefficient (Wildman–Crippen LogP) is 0.459. The fraction of sp³-hybridized carbons (Fsp3) is 0.875. The SMILES string of the molecule is COCCOCOC[C@H](C)C=O. The molecule has 0 aliphatic heterocycles. The molecule has 4 nitrogen and oxygen atoms in total. The third-order valence-corrected chi connectivity index (χ3v) is 1.21. The summed E-state index contributed by atoms with van der Waals surface area (Å²) in [7, 11) is 1.61. The highest BCUT2D eigenvalue weighted by molar-refractivity contribution is 5.52. The summed E-state index contributed by atoms with van der Waals surface area (Å²) < 4.78 is 14.8. The van der Waals surface area contributed by atoms with E-state index in [0.29, 0.717) is 19.8 Å². The molecule has 0 aliphatic rings. The second-order valence-corrected chi connectivity index (χ2v) is 2.50. The van der Waals surface area contributed by atoms with Crippen molar-refractivity contribution in [2.75, 3.05) is 33.7 Å². The van der Waals surface area contributed by atoms with Gasteiger partial charge in [0.15, 0.2) is 0 Å². The van der Waals surface area contributed by atoms with E-state index in [1.54, 1.807) is 14.0 Å². The molecule has 0 aromatic carbocycles. The Morgan fingerprint density at radius 3 is 2.67 bits per heavy atom. The van der Waals surface area contributed by atoms with Crippen molar-refractivity contribution in [1.82, 2.24) is 0 Å². The van der Waals surface area contributed by atoms with Crippen molar-refractivity contribution in [3.8, 4) is 0 Å². The van der Waals surface area contributed by atoms with Crippen LogP contribution in [0.5, 0.6) is 0 Å². The quantitative estimate of drug-likeness (QED) is 0.306. The first-order valence-electron chi connectivity index (χ1n) is 3.91. The summed E-state index contributed by atoms with van der Waals surface area (Å²) in [5.41, 5.74) is 0. The van der Waals surface area contributed by atoms with Crippen molar-refractivity contribution in [2.24, 2.45) is 5.92 Å². The van der Waals surface area contributed by atoms with Crippen molar-refractivity contribution in [3.05, 3.63) is 0 Å². The summed E-state index contributed by atoms with van der Waals surface area (Å²) >= 11 is 0. The molecule has 0 rings (SSSR count). The molecule has 0 heterocycles. The molecule has 0 aromatic heterocycles. The van der Waals surface area contributed by atoms with Gasteiger partial charge in [-0.3, -0.25) is 0 Å². The third kappa shape index (κ3) is 7.65. The van der Waals surface area contributed by atoms with E-state index in [4.69, 9.17) is 14.2 Å². The van der Waals surface area contributed by atoms with Crippen LogP contribution in [0, 0.1) is 5.92 Å². The Hall–Kier alpha value is -0.450. The normalized spacial score (nSPS) is 12.8. The van der Waals surface area contributed by atoms with Gasteiger partial charge in [-0.25, -0.2) is 0 Å². The first-order valence-corrected chi connectivity index (χ1v) is 3.91. The van der Waals surface area contributed by atoms with Crippen LogP contribution in [-0.4, -0.2) is 40.0 Å². The lowest BCUT2D eigenvalue weighted by Gasteiger charge is -2.06. The number of hydrogen-bond donors (Lipinski definition) is 0. The molecule has 0 unspecified atom stereocenters. The zero-order chi connectivity index (χ0) is 9.23. The molecule has 0 N–H and O–H groups in total. The molecule has 0 saturated heterocycles. The minimum absolute atomic E-state index is 0.0592. The molecular formula is C8H16O4. The highest BCUT2D eigenvalue weighted by Crippen LogP contribution is 1.90. The average Bonchev–Trinajstić information content (AvgIpc) is 2.10. The van der Waals surface area contributed by atoms with Crippen molar-refractivity contribution in [2.45, 2.75) is 6.92 Å². The molecule has 0 aliphatic carbocycles. The molecular weight excluding hydrogens is 160 g/mol. The van der Waals surface area contributed by atoms with E-state index in [1.165, 1.54) is 0 Å². The molecule has 0 amide bonds.